The van der Waals surface area contributed by atoms with E-state index >= 15 is 0 Å². The Morgan fingerprint density at radius 3 is 2.53 bits per heavy atom. The molecule has 0 aromatic carbocycles. The van der Waals surface area contributed by atoms with Gasteiger partial charge in [-0.1, -0.05) is 5.11 Å². The van der Waals surface area contributed by atoms with E-state index in [1.807, 2.05) is 25.8 Å². The normalized spacial score (nSPS) is 16.3. The van der Waals surface area contributed by atoms with Crippen LogP contribution in [-0.4, -0.2) is 39.7 Å². The molecule has 102 valence electrons. The zero-order valence-corrected chi connectivity index (χ0v) is 11.5. The van der Waals surface area contributed by atoms with Gasteiger partial charge < -0.3 is 4.90 Å². The molecule has 7 nitrogen and oxygen atoms in total. The van der Waals surface area contributed by atoms with E-state index in [1.54, 1.807) is 4.68 Å². The van der Waals surface area contributed by atoms with Gasteiger partial charge in [-0.3, -0.25) is 9.48 Å². The fourth-order valence-electron chi connectivity index (χ4n) is 2.50. The Morgan fingerprint density at radius 1 is 1.42 bits per heavy atom. The monoisotopic (exact) mass is 262 g/mol. The van der Waals surface area contributed by atoms with Gasteiger partial charge in [0.2, 0.25) is 0 Å². The number of nitrogens with zero attached hydrogens (tertiary/aromatic N) is 6. The minimum atomic E-state index is 0.0187. The maximum Gasteiger partial charge on any atom is 0.257 e. The average Bonchev–Trinajstić information content (AvgIpc) is 2.64. The van der Waals surface area contributed by atoms with Crippen molar-refractivity contribution in [2.75, 3.05) is 13.1 Å². The quantitative estimate of drug-likeness (QED) is 0.463. The van der Waals surface area contributed by atoms with Gasteiger partial charge in [0.05, 0.1) is 11.3 Å². The summed E-state index contributed by atoms with van der Waals surface area (Å²) in [5.41, 5.74) is 10.8. The standard InChI is InChI=1S/C12H18N6O/c1-8-11(9(2)17(3)15-8)12(19)18-6-4-10(5-7-18)14-16-13/h10H,4-7H2,1-3H3. The third kappa shape index (κ3) is 2.56. The van der Waals surface area contributed by atoms with E-state index in [1.165, 1.54) is 0 Å². The molecule has 0 N–H and O–H groups in total. The largest absolute Gasteiger partial charge is 0.339 e. The Bertz CT molecular complexity index is 535. The van der Waals surface area contributed by atoms with E-state index in [0.29, 0.717) is 18.7 Å². The number of aromatic nitrogens is 2. The van der Waals surface area contributed by atoms with Crippen LogP contribution in [0.25, 0.3) is 10.4 Å². The van der Waals surface area contributed by atoms with Gasteiger partial charge in [0.25, 0.3) is 5.91 Å². The third-order valence-electron chi connectivity index (χ3n) is 3.69. The van der Waals surface area contributed by atoms with E-state index in [9.17, 15) is 4.79 Å². The first-order valence-electron chi connectivity index (χ1n) is 6.38. The summed E-state index contributed by atoms with van der Waals surface area (Å²) in [6.07, 6.45) is 1.46. The summed E-state index contributed by atoms with van der Waals surface area (Å²) in [5.74, 6) is 0.0301. The molecule has 2 heterocycles. The number of carbonyl (C=O) groups excluding carboxylic acids is 1. The van der Waals surface area contributed by atoms with Gasteiger partial charge in [-0.05, 0) is 32.2 Å². The lowest BCUT2D eigenvalue weighted by molar-refractivity contribution is 0.0713. The van der Waals surface area contributed by atoms with Crippen LogP contribution in [0.5, 0.6) is 0 Å². The van der Waals surface area contributed by atoms with Gasteiger partial charge in [-0.25, -0.2) is 0 Å². The molecule has 0 spiro atoms. The highest BCUT2D eigenvalue weighted by Gasteiger charge is 2.26. The Kier molecular flexibility index (Phi) is 3.76. The van der Waals surface area contributed by atoms with Crippen LogP contribution < -0.4 is 0 Å². The van der Waals surface area contributed by atoms with E-state index < -0.39 is 0 Å². The lowest BCUT2D eigenvalue weighted by atomic mass is 10.0. The number of rotatable bonds is 2. The van der Waals surface area contributed by atoms with Gasteiger partial charge in [-0.15, -0.1) is 0 Å². The molecule has 0 bridgehead atoms. The fourth-order valence-corrected chi connectivity index (χ4v) is 2.50. The topological polar surface area (TPSA) is 86.9 Å². The van der Waals surface area contributed by atoms with Crippen LogP contribution in [0.3, 0.4) is 0 Å². The highest BCUT2D eigenvalue weighted by Crippen LogP contribution is 2.19. The first-order valence-corrected chi connectivity index (χ1v) is 6.38. The summed E-state index contributed by atoms with van der Waals surface area (Å²) in [7, 11) is 1.84. The second-order valence-corrected chi connectivity index (χ2v) is 4.90. The van der Waals surface area contributed by atoms with Crippen LogP contribution in [-0.2, 0) is 7.05 Å². The Hall–Kier alpha value is -2.01. The summed E-state index contributed by atoms with van der Waals surface area (Å²) in [6, 6.07) is 0.0187. The number of piperidine rings is 1. The van der Waals surface area contributed by atoms with Crippen molar-refractivity contribution in [3.63, 3.8) is 0 Å². The number of carbonyl (C=O) groups is 1. The van der Waals surface area contributed by atoms with Crippen LogP contribution in [0.1, 0.15) is 34.6 Å². The zero-order valence-electron chi connectivity index (χ0n) is 11.5. The molecule has 2 rings (SSSR count). The third-order valence-corrected chi connectivity index (χ3v) is 3.69. The van der Waals surface area contributed by atoms with Gasteiger partial charge in [0.1, 0.15) is 0 Å². The van der Waals surface area contributed by atoms with E-state index in [0.717, 1.165) is 24.2 Å². The fraction of sp³-hybridized carbons (Fsp3) is 0.667. The molecular weight excluding hydrogens is 244 g/mol. The molecule has 1 amide bonds. The second kappa shape index (κ2) is 5.32. The summed E-state index contributed by atoms with van der Waals surface area (Å²) < 4.78 is 1.73. The Labute approximate surface area is 111 Å². The van der Waals surface area contributed by atoms with Crippen molar-refractivity contribution < 1.29 is 4.79 Å². The molecule has 1 saturated heterocycles. The molecule has 19 heavy (non-hydrogen) atoms. The number of likely N-dealkylation sites (tertiary alicyclic amines) is 1. The van der Waals surface area contributed by atoms with E-state index in [4.69, 9.17) is 5.53 Å². The number of azide groups is 1. The average molecular weight is 262 g/mol. The minimum absolute atomic E-state index is 0.0187. The number of amides is 1. The molecule has 0 atom stereocenters. The van der Waals surface area contributed by atoms with Crippen molar-refractivity contribution in [1.82, 2.24) is 14.7 Å². The first-order chi connectivity index (χ1) is 9.04. The van der Waals surface area contributed by atoms with Gasteiger partial charge in [-0.2, -0.15) is 5.10 Å². The highest BCUT2D eigenvalue weighted by atomic mass is 16.2. The first kappa shape index (κ1) is 13.4. The molecule has 7 heteroatoms. The molecule has 0 unspecified atom stereocenters. The zero-order chi connectivity index (χ0) is 14.0. The molecule has 0 radical (unpaired) electrons. The lowest BCUT2D eigenvalue weighted by Gasteiger charge is -2.30. The van der Waals surface area contributed by atoms with Gasteiger partial charge >= 0.3 is 0 Å². The minimum Gasteiger partial charge on any atom is -0.339 e. The number of hydrogen-bond acceptors (Lipinski definition) is 3. The molecular formula is C12H18N6O. The van der Waals surface area contributed by atoms with Crippen LogP contribution in [0.4, 0.5) is 0 Å². The van der Waals surface area contributed by atoms with Gasteiger partial charge in [0.15, 0.2) is 0 Å². The number of hydrogen-bond donors (Lipinski definition) is 0. The van der Waals surface area contributed by atoms with Crippen LogP contribution in [0.2, 0.25) is 0 Å². The highest BCUT2D eigenvalue weighted by molar-refractivity contribution is 5.96. The molecule has 1 aliphatic rings. The van der Waals surface area contributed by atoms with Gasteiger partial charge in [0, 0.05) is 36.8 Å². The molecule has 1 aromatic rings. The lowest BCUT2D eigenvalue weighted by Crippen LogP contribution is -2.40. The predicted octanol–water partition coefficient (Wildman–Crippen LogP) is 1.95. The molecule has 0 aliphatic carbocycles. The van der Waals surface area contributed by atoms with Crippen LogP contribution in [0.15, 0.2) is 5.11 Å². The molecule has 0 saturated carbocycles. The van der Waals surface area contributed by atoms with Crippen molar-refractivity contribution in [2.45, 2.75) is 32.7 Å². The van der Waals surface area contributed by atoms with Crippen molar-refractivity contribution in [2.24, 2.45) is 12.2 Å². The van der Waals surface area contributed by atoms with Crippen LogP contribution >= 0.6 is 0 Å². The summed E-state index contributed by atoms with van der Waals surface area (Å²) >= 11 is 0. The van der Waals surface area contributed by atoms with Crippen molar-refractivity contribution in [1.29, 1.82) is 0 Å². The maximum absolute atomic E-state index is 12.5. The summed E-state index contributed by atoms with van der Waals surface area (Å²) in [4.78, 5) is 17.1. The summed E-state index contributed by atoms with van der Waals surface area (Å²) in [6.45, 7) is 5.03. The van der Waals surface area contributed by atoms with Crippen molar-refractivity contribution in [3.8, 4) is 0 Å². The summed E-state index contributed by atoms with van der Waals surface area (Å²) in [5, 5.41) is 7.99. The van der Waals surface area contributed by atoms with Crippen molar-refractivity contribution in [3.05, 3.63) is 27.4 Å². The maximum atomic E-state index is 12.5. The molecule has 1 fully saturated rings. The second-order valence-electron chi connectivity index (χ2n) is 4.90. The van der Waals surface area contributed by atoms with E-state index in [2.05, 4.69) is 15.1 Å². The Morgan fingerprint density at radius 2 is 2.05 bits per heavy atom. The Balaban J connectivity index is 2.11. The van der Waals surface area contributed by atoms with Crippen molar-refractivity contribution >= 4 is 5.91 Å². The van der Waals surface area contributed by atoms with E-state index in [-0.39, 0.29) is 11.9 Å². The SMILES string of the molecule is Cc1nn(C)c(C)c1C(=O)N1CCC(N=[N+]=[N-])CC1. The number of aryl methyl sites for hydroxylation is 2. The smallest absolute Gasteiger partial charge is 0.257 e. The predicted molar refractivity (Wildman–Crippen MR) is 70.8 cm³/mol. The van der Waals surface area contributed by atoms with Crippen LogP contribution in [0, 0.1) is 13.8 Å². The molecule has 1 aromatic heterocycles. The molecule has 1 aliphatic heterocycles.